The molecule has 1 aliphatic rings. The molecule has 1 unspecified atom stereocenters. The molecule has 0 saturated carbocycles. The van der Waals surface area contributed by atoms with Gasteiger partial charge >= 0.3 is 0 Å². The van der Waals surface area contributed by atoms with Crippen molar-refractivity contribution in [1.29, 1.82) is 0 Å². The molecule has 1 amide bonds. The summed E-state index contributed by atoms with van der Waals surface area (Å²) in [5.74, 6) is 2.52. The maximum atomic E-state index is 12.8. The van der Waals surface area contributed by atoms with E-state index in [1.165, 1.54) is 14.2 Å². The van der Waals surface area contributed by atoms with Crippen molar-refractivity contribution in [3.63, 3.8) is 0 Å². The minimum Gasteiger partial charge on any atom is -0.502 e. The molecule has 0 spiro atoms. The molecule has 29 heavy (non-hydrogen) atoms. The zero-order chi connectivity index (χ0) is 21.0. The van der Waals surface area contributed by atoms with Gasteiger partial charge in [0.1, 0.15) is 5.37 Å². The normalized spacial score (nSPS) is 16.5. The lowest BCUT2D eigenvalue weighted by atomic mass is 10.1. The van der Waals surface area contributed by atoms with Crippen molar-refractivity contribution in [3.8, 4) is 28.7 Å². The molecule has 1 fully saturated rings. The number of para-hydroxylation sites is 1. The summed E-state index contributed by atoms with van der Waals surface area (Å²) in [5, 5.41) is 9.97. The molecule has 2 aromatic carbocycles. The Morgan fingerprint density at radius 1 is 1.03 bits per heavy atom. The van der Waals surface area contributed by atoms with Crippen LogP contribution in [0, 0.1) is 0 Å². The quantitative estimate of drug-likeness (QED) is 0.735. The van der Waals surface area contributed by atoms with Gasteiger partial charge in [0.25, 0.3) is 0 Å². The number of phenols is 1. The predicted molar refractivity (Wildman–Crippen MR) is 111 cm³/mol. The number of rotatable bonds is 7. The van der Waals surface area contributed by atoms with E-state index in [0.29, 0.717) is 41.7 Å². The lowest BCUT2D eigenvalue weighted by molar-refractivity contribution is -0.132. The zero-order valence-corrected chi connectivity index (χ0v) is 17.7. The largest absolute Gasteiger partial charge is 0.502 e. The summed E-state index contributed by atoms with van der Waals surface area (Å²) >= 11 is 1.66. The van der Waals surface area contributed by atoms with Crippen molar-refractivity contribution in [2.75, 3.05) is 34.2 Å². The first kappa shape index (κ1) is 21.0. The Labute approximate surface area is 174 Å². The number of methoxy groups -OCH3 is 4. The molecule has 1 aliphatic heterocycles. The van der Waals surface area contributed by atoms with Crippen LogP contribution in [0.4, 0.5) is 0 Å². The number of aromatic hydroxyl groups is 1. The minimum absolute atomic E-state index is 0.0460. The lowest BCUT2D eigenvalue weighted by Gasteiger charge is -2.36. The fraction of sp³-hybridized carbons (Fsp3) is 0.381. The van der Waals surface area contributed by atoms with E-state index in [2.05, 4.69) is 0 Å². The number of thioether (sulfide) groups is 1. The highest BCUT2D eigenvalue weighted by molar-refractivity contribution is 7.99. The number of ether oxygens (including phenoxy) is 4. The molecule has 156 valence electrons. The SMILES string of the molecule is COc1cc(C2SCCC(=O)N2Cc2cccc(OC)c2OC)cc(OC)c1O. The highest BCUT2D eigenvalue weighted by Crippen LogP contribution is 2.45. The van der Waals surface area contributed by atoms with E-state index < -0.39 is 0 Å². The fourth-order valence-electron chi connectivity index (χ4n) is 3.39. The average molecular weight is 419 g/mol. The Balaban J connectivity index is 2.01. The van der Waals surface area contributed by atoms with E-state index in [0.717, 1.165) is 11.1 Å². The van der Waals surface area contributed by atoms with Crippen LogP contribution in [0.15, 0.2) is 30.3 Å². The van der Waals surface area contributed by atoms with Gasteiger partial charge in [-0.15, -0.1) is 11.8 Å². The highest BCUT2D eigenvalue weighted by atomic mass is 32.2. The fourth-order valence-corrected chi connectivity index (χ4v) is 4.60. The van der Waals surface area contributed by atoms with Gasteiger partial charge in [-0.25, -0.2) is 0 Å². The molecule has 1 saturated heterocycles. The van der Waals surface area contributed by atoms with Gasteiger partial charge in [-0.1, -0.05) is 12.1 Å². The van der Waals surface area contributed by atoms with Gasteiger partial charge in [0, 0.05) is 17.7 Å². The number of carbonyl (C=O) groups is 1. The third-order valence-electron chi connectivity index (χ3n) is 4.81. The van der Waals surface area contributed by atoms with Crippen LogP contribution in [0.25, 0.3) is 0 Å². The van der Waals surface area contributed by atoms with Gasteiger partial charge in [-0.2, -0.15) is 0 Å². The zero-order valence-electron chi connectivity index (χ0n) is 16.9. The van der Waals surface area contributed by atoms with Crippen LogP contribution in [0.3, 0.4) is 0 Å². The van der Waals surface area contributed by atoms with Crippen molar-refractivity contribution in [1.82, 2.24) is 4.90 Å². The monoisotopic (exact) mass is 419 g/mol. The molecule has 7 nitrogen and oxygen atoms in total. The van der Waals surface area contributed by atoms with Crippen LogP contribution in [0.5, 0.6) is 28.7 Å². The second-order valence-corrected chi connectivity index (χ2v) is 7.61. The van der Waals surface area contributed by atoms with Crippen LogP contribution >= 0.6 is 11.8 Å². The summed E-state index contributed by atoms with van der Waals surface area (Å²) < 4.78 is 21.5. The van der Waals surface area contributed by atoms with Crippen molar-refractivity contribution in [2.24, 2.45) is 0 Å². The second kappa shape index (κ2) is 9.17. The standard InChI is InChI=1S/C21H25NO6S/c1-25-15-7-5-6-13(20(15)28-4)12-22-18(23)8-9-29-21(22)14-10-16(26-2)19(24)17(11-14)27-3/h5-7,10-11,21,24H,8-9,12H2,1-4H3. The maximum Gasteiger partial charge on any atom is 0.224 e. The van der Waals surface area contributed by atoms with E-state index in [9.17, 15) is 9.90 Å². The number of nitrogens with zero attached hydrogens (tertiary/aromatic N) is 1. The minimum atomic E-state index is -0.254. The third-order valence-corrected chi connectivity index (χ3v) is 6.09. The summed E-state index contributed by atoms with van der Waals surface area (Å²) in [6.07, 6.45) is 0.458. The van der Waals surface area contributed by atoms with E-state index in [1.807, 2.05) is 18.2 Å². The van der Waals surface area contributed by atoms with Gasteiger partial charge in [0.15, 0.2) is 23.0 Å². The Kier molecular flexibility index (Phi) is 6.64. The van der Waals surface area contributed by atoms with E-state index in [1.54, 1.807) is 43.0 Å². The van der Waals surface area contributed by atoms with Gasteiger partial charge in [-0.3, -0.25) is 4.79 Å². The number of hydrogen-bond donors (Lipinski definition) is 1. The molecule has 0 aliphatic carbocycles. The molecule has 1 atom stereocenters. The number of amides is 1. The predicted octanol–water partition coefficient (Wildman–Crippen LogP) is 3.59. The first-order valence-electron chi connectivity index (χ1n) is 9.09. The number of carbonyl (C=O) groups excluding carboxylic acids is 1. The van der Waals surface area contributed by atoms with Crippen LogP contribution < -0.4 is 18.9 Å². The number of benzene rings is 2. The van der Waals surface area contributed by atoms with E-state index in [-0.39, 0.29) is 17.0 Å². The van der Waals surface area contributed by atoms with Gasteiger partial charge in [-0.05, 0) is 23.8 Å². The molecule has 1 heterocycles. The van der Waals surface area contributed by atoms with Crippen LogP contribution in [0.2, 0.25) is 0 Å². The first-order chi connectivity index (χ1) is 14.0. The van der Waals surface area contributed by atoms with Gasteiger partial charge in [0.05, 0.1) is 35.0 Å². The Bertz CT molecular complexity index is 862. The number of hydrogen-bond acceptors (Lipinski definition) is 7. The summed E-state index contributed by atoms with van der Waals surface area (Å²) in [6.45, 7) is 0.363. The van der Waals surface area contributed by atoms with Gasteiger partial charge < -0.3 is 29.0 Å². The molecule has 8 heteroatoms. The number of phenolic OH excluding ortho intramolecular Hbond substituents is 1. The van der Waals surface area contributed by atoms with E-state index in [4.69, 9.17) is 18.9 Å². The maximum absolute atomic E-state index is 12.8. The van der Waals surface area contributed by atoms with Crippen LogP contribution in [0.1, 0.15) is 22.9 Å². The summed E-state index contributed by atoms with van der Waals surface area (Å²) in [5.41, 5.74) is 1.67. The molecular formula is C21H25NO6S. The molecule has 0 aromatic heterocycles. The van der Waals surface area contributed by atoms with Crippen molar-refractivity contribution in [3.05, 3.63) is 41.5 Å². The lowest BCUT2D eigenvalue weighted by Crippen LogP contribution is -2.36. The summed E-state index contributed by atoms with van der Waals surface area (Å²) in [6, 6.07) is 9.10. The summed E-state index contributed by atoms with van der Waals surface area (Å²) in [4.78, 5) is 14.6. The average Bonchev–Trinajstić information content (AvgIpc) is 2.75. The summed E-state index contributed by atoms with van der Waals surface area (Å²) in [7, 11) is 6.13. The van der Waals surface area contributed by atoms with Crippen LogP contribution in [-0.4, -0.2) is 50.1 Å². The van der Waals surface area contributed by atoms with Gasteiger partial charge in [0.2, 0.25) is 11.7 Å². The second-order valence-electron chi connectivity index (χ2n) is 6.42. The molecular weight excluding hydrogens is 394 g/mol. The molecule has 3 rings (SSSR count). The molecule has 2 aromatic rings. The Hall–Kier alpha value is -2.74. The smallest absolute Gasteiger partial charge is 0.224 e. The van der Waals surface area contributed by atoms with Crippen LogP contribution in [-0.2, 0) is 11.3 Å². The van der Waals surface area contributed by atoms with E-state index >= 15 is 0 Å². The Morgan fingerprint density at radius 2 is 1.69 bits per heavy atom. The molecule has 0 radical (unpaired) electrons. The van der Waals surface area contributed by atoms with Crippen molar-refractivity contribution >= 4 is 17.7 Å². The Morgan fingerprint density at radius 3 is 2.28 bits per heavy atom. The first-order valence-corrected chi connectivity index (χ1v) is 10.1. The topological polar surface area (TPSA) is 77.5 Å². The molecule has 0 bridgehead atoms. The van der Waals surface area contributed by atoms with Crippen molar-refractivity contribution in [2.45, 2.75) is 18.3 Å². The highest BCUT2D eigenvalue weighted by Gasteiger charge is 2.32. The third kappa shape index (κ3) is 4.17. The molecule has 1 N–H and O–H groups in total. The van der Waals surface area contributed by atoms with Crippen molar-refractivity contribution < 1.29 is 28.8 Å².